The first kappa shape index (κ1) is 19.2. The molecule has 4 rings (SSSR count). The maximum Gasteiger partial charge on any atom is 0.265 e. The van der Waals surface area contributed by atoms with Crippen molar-refractivity contribution in [2.24, 2.45) is 5.92 Å². The number of anilines is 1. The second-order valence-electron chi connectivity index (χ2n) is 7.77. The molecule has 0 unspecified atom stereocenters. The number of carbonyl (C=O) groups is 1. The van der Waals surface area contributed by atoms with E-state index in [1.54, 1.807) is 0 Å². The summed E-state index contributed by atoms with van der Waals surface area (Å²) in [5.74, 6) is 1.90. The maximum absolute atomic E-state index is 12.3. The number of amides is 1. The second kappa shape index (κ2) is 8.45. The third-order valence-corrected chi connectivity index (χ3v) is 6.39. The van der Waals surface area contributed by atoms with Gasteiger partial charge >= 0.3 is 0 Å². The van der Waals surface area contributed by atoms with Gasteiger partial charge in [-0.3, -0.25) is 9.69 Å². The number of hydrogen-bond acceptors (Lipinski definition) is 4. The van der Waals surface area contributed by atoms with Gasteiger partial charge in [0.15, 0.2) is 0 Å². The van der Waals surface area contributed by atoms with Crippen LogP contribution in [-0.4, -0.2) is 33.4 Å². The number of aryl methyl sites for hydroxylation is 1. The molecule has 5 nitrogen and oxygen atoms in total. The molecule has 3 heterocycles. The zero-order valence-corrected chi connectivity index (χ0v) is 17.5. The first-order valence-electron chi connectivity index (χ1n) is 10.2. The number of thiophene rings is 1. The Balaban J connectivity index is 1.57. The summed E-state index contributed by atoms with van der Waals surface area (Å²) < 4.78 is 2.35. The summed E-state index contributed by atoms with van der Waals surface area (Å²) in [6.45, 7) is 8.72. The van der Waals surface area contributed by atoms with Gasteiger partial charge in [-0.1, -0.05) is 19.9 Å². The van der Waals surface area contributed by atoms with Crippen molar-refractivity contribution in [2.45, 2.75) is 46.2 Å². The van der Waals surface area contributed by atoms with E-state index < -0.39 is 0 Å². The molecule has 0 bridgehead atoms. The number of aromatic nitrogens is 2. The number of imidazole rings is 1. The van der Waals surface area contributed by atoms with Gasteiger partial charge in [0, 0.05) is 12.2 Å². The maximum atomic E-state index is 12.3. The monoisotopic (exact) mass is 396 g/mol. The van der Waals surface area contributed by atoms with Crippen LogP contribution in [0.25, 0.3) is 11.0 Å². The van der Waals surface area contributed by atoms with Crippen LogP contribution in [0, 0.1) is 5.92 Å². The molecule has 1 aliphatic heterocycles. The molecule has 1 N–H and O–H groups in total. The van der Waals surface area contributed by atoms with Crippen molar-refractivity contribution in [3.8, 4) is 0 Å². The molecule has 1 saturated heterocycles. The zero-order valence-electron chi connectivity index (χ0n) is 16.6. The summed E-state index contributed by atoms with van der Waals surface area (Å²) >= 11 is 1.45. The molecular weight excluding hydrogens is 368 g/mol. The Kier molecular flexibility index (Phi) is 5.78. The van der Waals surface area contributed by atoms with Crippen LogP contribution in [0.4, 0.5) is 5.69 Å². The standard InChI is InChI=1S/C22H28N4OS/c1-3-10-26-19-7-6-17(23-22(27)20-5-4-13-28-20)14-18(19)24-21(26)15-25-11-8-16(2)9-12-25/h4-7,13-14,16H,3,8-12,15H2,1-2H3,(H,23,27). The molecule has 0 radical (unpaired) electrons. The average Bonchev–Trinajstić information content (AvgIpc) is 3.33. The average molecular weight is 397 g/mol. The van der Waals surface area contributed by atoms with Crippen molar-refractivity contribution in [1.82, 2.24) is 14.5 Å². The summed E-state index contributed by atoms with van der Waals surface area (Å²) in [6, 6.07) is 9.79. The highest BCUT2D eigenvalue weighted by molar-refractivity contribution is 7.12. The fraction of sp³-hybridized carbons (Fsp3) is 0.455. The molecule has 3 aromatic rings. The molecule has 0 saturated carbocycles. The van der Waals surface area contributed by atoms with Crippen molar-refractivity contribution in [1.29, 1.82) is 0 Å². The fourth-order valence-electron chi connectivity index (χ4n) is 3.87. The molecule has 0 spiro atoms. The van der Waals surface area contributed by atoms with E-state index in [9.17, 15) is 4.79 Å². The number of nitrogens with zero attached hydrogens (tertiary/aromatic N) is 3. The zero-order chi connectivity index (χ0) is 19.5. The van der Waals surface area contributed by atoms with E-state index in [2.05, 4.69) is 34.7 Å². The van der Waals surface area contributed by atoms with Crippen molar-refractivity contribution < 1.29 is 4.79 Å². The summed E-state index contributed by atoms with van der Waals surface area (Å²) in [4.78, 5) is 20.5. The molecule has 1 fully saturated rings. The van der Waals surface area contributed by atoms with Gasteiger partial charge in [0.25, 0.3) is 5.91 Å². The fourth-order valence-corrected chi connectivity index (χ4v) is 4.49. The van der Waals surface area contributed by atoms with Crippen LogP contribution in [-0.2, 0) is 13.1 Å². The van der Waals surface area contributed by atoms with Crippen molar-refractivity contribution in [3.63, 3.8) is 0 Å². The van der Waals surface area contributed by atoms with E-state index in [1.807, 2.05) is 29.6 Å². The summed E-state index contributed by atoms with van der Waals surface area (Å²) in [5.41, 5.74) is 2.90. The topological polar surface area (TPSA) is 50.2 Å². The van der Waals surface area contributed by atoms with Crippen LogP contribution < -0.4 is 5.32 Å². The van der Waals surface area contributed by atoms with Gasteiger partial charge < -0.3 is 9.88 Å². The molecule has 6 heteroatoms. The lowest BCUT2D eigenvalue weighted by Gasteiger charge is -2.29. The van der Waals surface area contributed by atoms with E-state index in [1.165, 1.54) is 24.2 Å². The molecule has 0 atom stereocenters. The third-order valence-electron chi connectivity index (χ3n) is 5.52. The van der Waals surface area contributed by atoms with Crippen LogP contribution >= 0.6 is 11.3 Å². The smallest absolute Gasteiger partial charge is 0.265 e. The number of likely N-dealkylation sites (tertiary alicyclic amines) is 1. The lowest BCUT2D eigenvalue weighted by Crippen LogP contribution is -2.33. The van der Waals surface area contributed by atoms with Crippen molar-refractivity contribution in [2.75, 3.05) is 18.4 Å². The van der Waals surface area contributed by atoms with Crippen LogP contribution in [0.15, 0.2) is 35.7 Å². The summed E-state index contributed by atoms with van der Waals surface area (Å²) in [7, 11) is 0. The van der Waals surface area contributed by atoms with Gasteiger partial charge in [0.2, 0.25) is 0 Å². The van der Waals surface area contributed by atoms with Crippen LogP contribution in [0.2, 0.25) is 0 Å². The Morgan fingerprint density at radius 3 is 2.82 bits per heavy atom. The van der Waals surface area contributed by atoms with Gasteiger partial charge in [-0.05, 0) is 67.9 Å². The number of fused-ring (bicyclic) bond motifs is 1. The van der Waals surface area contributed by atoms with E-state index >= 15 is 0 Å². The minimum absolute atomic E-state index is 0.0648. The number of nitrogens with one attached hydrogen (secondary N) is 1. The van der Waals surface area contributed by atoms with Crippen molar-refractivity contribution >= 4 is 34.0 Å². The highest BCUT2D eigenvalue weighted by Crippen LogP contribution is 2.24. The lowest BCUT2D eigenvalue weighted by atomic mass is 9.99. The molecule has 1 amide bonds. The Morgan fingerprint density at radius 2 is 2.11 bits per heavy atom. The Bertz CT molecular complexity index is 939. The molecule has 1 aromatic carbocycles. The normalized spacial score (nSPS) is 15.9. The quantitative estimate of drug-likeness (QED) is 0.638. The van der Waals surface area contributed by atoms with Crippen LogP contribution in [0.1, 0.15) is 48.6 Å². The number of hydrogen-bond donors (Lipinski definition) is 1. The Hall–Kier alpha value is -2.18. The lowest BCUT2D eigenvalue weighted by molar-refractivity contribution is 0.103. The first-order valence-corrected chi connectivity index (χ1v) is 11.1. The van der Waals surface area contributed by atoms with E-state index in [0.29, 0.717) is 0 Å². The largest absolute Gasteiger partial charge is 0.327 e. The first-order chi connectivity index (χ1) is 13.6. The number of benzene rings is 1. The molecular formula is C22H28N4OS. The van der Waals surface area contributed by atoms with Gasteiger partial charge in [0.05, 0.1) is 22.5 Å². The van der Waals surface area contributed by atoms with Gasteiger partial charge in [-0.25, -0.2) is 4.98 Å². The van der Waals surface area contributed by atoms with Gasteiger partial charge in [0.1, 0.15) is 5.82 Å². The predicted octanol–water partition coefficient (Wildman–Crippen LogP) is 4.99. The second-order valence-corrected chi connectivity index (χ2v) is 8.72. The highest BCUT2D eigenvalue weighted by Gasteiger charge is 2.19. The number of carbonyl (C=O) groups excluding carboxylic acids is 1. The summed E-state index contributed by atoms with van der Waals surface area (Å²) in [6.07, 6.45) is 3.62. The predicted molar refractivity (Wildman–Crippen MR) is 116 cm³/mol. The summed E-state index contributed by atoms with van der Waals surface area (Å²) in [5, 5.41) is 4.91. The van der Waals surface area contributed by atoms with Crippen LogP contribution in [0.3, 0.4) is 0 Å². The molecule has 2 aromatic heterocycles. The molecule has 28 heavy (non-hydrogen) atoms. The highest BCUT2D eigenvalue weighted by atomic mass is 32.1. The molecule has 1 aliphatic rings. The Labute approximate surface area is 170 Å². The third kappa shape index (κ3) is 4.13. The minimum Gasteiger partial charge on any atom is -0.327 e. The van der Waals surface area contributed by atoms with Crippen LogP contribution in [0.5, 0.6) is 0 Å². The van der Waals surface area contributed by atoms with E-state index in [0.717, 1.165) is 65.9 Å². The van der Waals surface area contributed by atoms with E-state index in [-0.39, 0.29) is 5.91 Å². The SMILES string of the molecule is CCCn1c(CN2CCC(C)CC2)nc2cc(NC(=O)c3cccs3)ccc21. The molecule has 0 aliphatic carbocycles. The molecule has 148 valence electrons. The van der Waals surface area contributed by atoms with Gasteiger partial charge in [-0.2, -0.15) is 0 Å². The Morgan fingerprint density at radius 1 is 1.29 bits per heavy atom. The number of rotatable bonds is 6. The minimum atomic E-state index is -0.0648. The number of piperidine rings is 1. The van der Waals surface area contributed by atoms with Crippen molar-refractivity contribution in [3.05, 3.63) is 46.4 Å². The van der Waals surface area contributed by atoms with E-state index in [4.69, 9.17) is 4.98 Å². The van der Waals surface area contributed by atoms with Gasteiger partial charge in [-0.15, -0.1) is 11.3 Å².